The minimum absolute atomic E-state index is 0.0469. The number of phenols is 3. The number of hydrogen-bond acceptors (Lipinski definition) is 13. The Bertz CT molecular complexity index is 1920. The molecule has 5 bridgehead atoms. The van der Waals surface area contributed by atoms with E-state index in [2.05, 4.69) is 10.4 Å². The van der Waals surface area contributed by atoms with Gasteiger partial charge in [0, 0.05) is 42.4 Å². The average molecular weight is 751 g/mol. The van der Waals surface area contributed by atoms with E-state index >= 15 is 0 Å². The van der Waals surface area contributed by atoms with E-state index in [4.69, 9.17) is 14.2 Å². The van der Waals surface area contributed by atoms with Crippen LogP contribution in [-0.2, 0) is 14.3 Å². The van der Waals surface area contributed by atoms with E-state index in [1.165, 1.54) is 32.4 Å². The highest BCUT2D eigenvalue weighted by atomic mass is 16.7. The van der Waals surface area contributed by atoms with Gasteiger partial charge in [0.1, 0.15) is 17.2 Å². The number of ketones is 1. The summed E-state index contributed by atoms with van der Waals surface area (Å²) < 4.78 is 17.9. The van der Waals surface area contributed by atoms with Gasteiger partial charge < -0.3 is 45.1 Å². The monoisotopic (exact) mass is 750 g/mol. The van der Waals surface area contributed by atoms with Crippen LogP contribution in [0.4, 0.5) is 5.69 Å². The highest BCUT2D eigenvalue weighted by Gasteiger charge is 2.50. The van der Waals surface area contributed by atoms with E-state index < -0.39 is 59.0 Å². The fraction of sp³-hybridized carbons (Fsp3) is 0.525. The lowest BCUT2D eigenvalue weighted by atomic mass is 9.74. The number of carbonyl (C=O) groups excluding carboxylic acids is 2. The number of aromatic hydroxyl groups is 3. The predicted molar refractivity (Wildman–Crippen MR) is 204 cm³/mol. The number of Topliss-reactive ketones (excluding diaryl/α,β-unsaturated/α-hetero) is 1. The molecule has 0 aliphatic carbocycles. The molecule has 1 fully saturated rings. The summed E-state index contributed by atoms with van der Waals surface area (Å²) in [5, 5.41) is 66.1. The first kappa shape index (κ1) is 40.6. The maximum atomic E-state index is 14.3. The van der Waals surface area contributed by atoms with Crippen LogP contribution in [0.25, 0.3) is 10.8 Å². The van der Waals surface area contributed by atoms with Crippen LogP contribution in [0.1, 0.15) is 70.0 Å². The van der Waals surface area contributed by atoms with E-state index in [-0.39, 0.29) is 68.1 Å². The van der Waals surface area contributed by atoms with Gasteiger partial charge in [0.2, 0.25) is 0 Å². The second kappa shape index (κ2) is 15.6. The van der Waals surface area contributed by atoms with Crippen molar-refractivity contribution in [1.29, 1.82) is 0 Å². The predicted octanol–water partition coefficient (Wildman–Crippen LogP) is 4.95. The van der Waals surface area contributed by atoms with Crippen LogP contribution in [0.3, 0.4) is 0 Å². The third kappa shape index (κ3) is 7.27. The van der Waals surface area contributed by atoms with Crippen molar-refractivity contribution < 1.29 is 49.3 Å². The van der Waals surface area contributed by atoms with Crippen LogP contribution in [-0.4, -0.2) is 105 Å². The van der Waals surface area contributed by atoms with Gasteiger partial charge in [0.15, 0.2) is 5.75 Å². The molecule has 2 aromatic carbocycles. The molecule has 54 heavy (non-hydrogen) atoms. The minimum atomic E-state index is -1.95. The Labute approximate surface area is 316 Å². The Morgan fingerprint density at radius 1 is 0.926 bits per heavy atom. The van der Waals surface area contributed by atoms with Gasteiger partial charge in [-0.05, 0) is 44.7 Å². The molecule has 6 rings (SSSR count). The number of allylic oxidation sites excluding steroid dienone is 2. The molecule has 0 unspecified atom stereocenters. The number of aliphatic hydroxyl groups excluding tert-OH is 2. The zero-order valence-corrected chi connectivity index (χ0v) is 32.6. The van der Waals surface area contributed by atoms with Crippen LogP contribution >= 0.6 is 0 Å². The number of rotatable bonds is 3. The number of hydrazone groups is 1. The van der Waals surface area contributed by atoms with Crippen molar-refractivity contribution in [3.05, 3.63) is 52.8 Å². The minimum Gasteiger partial charge on any atom is -0.507 e. The van der Waals surface area contributed by atoms with Crippen LogP contribution < -0.4 is 10.1 Å². The maximum absolute atomic E-state index is 14.3. The smallest absolute Gasteiger partial charge is 0.312 e. The van der Waals surface area contributed by atoms with E-state index in [0.717, 1.165) is 0 Å². The summed E-state index contributed by atoms with van der Waals surface area (Å²) in [6.07, 6.45) is 6.87. The number of amides is 1. The number of methoxy groups -OCH3 is 1. The van der Waals surface area contributed by atoms with Crippen molar-refractivity contribution in [3.8, 4) is 23.0 Å². The lowest BCUT2D eigenvalue weighted by molar-refractivity contribution is -0.112. The molecule has 4 aliphatic heterocycles. The van der Waals surface area contributed by atoms with E-state index in [0.29, 0.717) is 13.3 Å². The van der Waals surface area contributed by atoms with Gasteiger partial charge in [0.25, 0.3) is 11.7 Å². The molecule has 4 heterocycles. The number of carbonyl (C=O) groups is 2. The standard InChI is InChI=1S/C40H54N4O10/c1-19-12-11-13-20(2)39(51)42-31-26(16-41-44-17-43(9)18-44)35(48)28-29(36(31)49)34(47)25(7)37-30(28)38(50)40(8,54-37)53-15-14-27(52-10)22(4)21(3)23(5)33(46)24(6)32(19)45/h11-16,19,21-24,27,32-33,45-49H,17-18H2,1-10H3,(H,42,51)/b12-11+,15-14+,20-13-,41-16+/t19-,21+,22-,23-,24+,27-,32-,33-,40-/m0/s1. The summed E-state index contributed by atoms with van der Waals surface area (Å²) in [6, 6.07) is 0. The van der Waals surface area contributed by atoms with Crippen molar-refractivity contribution in [3.63, 3.8) is 0 Å². The van der Waals surface area contributed by atoms with Gasteiger partial charge in [0.05, 0.1) is 66.3 Å². The first-order valence-electron chi connectivity index (χ1n) is 18.2. The highest BCUT2D eigenvalue weighted by Crippen LogP contribution is 2.55. The van der Waals surface area contributed by atoms with Crippen molar-refractivity contribution >= 4 is 34.4 Å². The van der Waals surface area contributed by atoms with Crippen LogP contribution in [0.15, 0.2) is 41.2 Å². The first-order valence-corrected chi connectivity index (χ1v) is 18.2. The van der Waals surface area contributed by atoms with E-state index in [1.807, 2.05) is 39.6 Å². The summed E-state index contributed by atoms with van der Waals surface area (Å²) in [6.45, 7) is 15.0. The Kier molecular flexibility index (Phi) is 11.7. The van der Waals surface area contributed by atoms with Crippen LogP contribution in [0.5, 0.6) is 23.0 Å². The Balaban J connectivity index is 1.69. The summed E-state index contributed by atoms with van der Waals surface area (Å²) >= 11 is 0. The quantitative estimate of drug-likeness (QED) is 0.141. The Morgan fingerprint density at radius 2 is 1.59 bits per heavy atom. The fourth-order valence-electron chi connectivity index (χ4n) is 7.42. The van der Waals surface area contributed by atoms with Crippen molar-refractivity contribution in [2.75, 3.05) is 32.8 Å². The van der Waals surface area contributed by atoms with E-state index in [9.17, 15) is 35.1 Å². The normalized spacial score (nSPS) is 33.6. The van der Waals surface area contributed by atoms with Crippen molar-refractivity contribution in [2.45, 2.75) is 79.5 Å². The number of benzene rings is 2. The summed E-state index contributed by atoms with van der Waals surface area (Å²) in [5.74, 6) is -6.32. The van der Waals surface area contributed by atoms with Gasteiger partial charge in [-0.25, -0.2) is 0 Å². The van der Waals surface area contributed by atoms with Crippen molar-refractivity contribution in [1.82, 2.24) is 9.91 Å². The molecule has 294 valence electrons. The average Bonchev–Trinajstić information content (AvgIpc) is 3.39. The number of nitrogens with zero attached hydrogens (tertiary/aromatic N) is 3. The number of hydrogen-bond donors (Lipinski definition) is 6. The molecule has 2 aromatic rings. The maximum Gasteiger partial charge on any atom is 0.312 e. The van der Waals surface area contributed by atoms with Crippen LogP contribution in [0.2, 0.25) is 0 Å². The van der Waals surface area contributed by atoms with Gasteiger partial charge in [-0.2, -0.15) is 5.10 Å². The zero-order valence-electron chi connectivity index (χ0n) is 32.6. The number of fused-ring (bicyclic) bond motifs is 14. The lowest BCUT2D eigenvalue weighted by Gasteiger charge is -2.37. The molecule has 14 nitrogen and oxygen atoms in total. The molecule has 9 atom stereocenters. The third-order valence-electron chi connectivity index (χ3n) is 11.5. The Hall–Kier alpha value is -4.63. The molecule has 0 aromatic heterocycles. The van der Waals surface area contributed by atoms with Gasteiger partial charge in [-0.15, -0.1) is 0 Å². The van der Waals surface area contributed by atoms with Crippen LogP contribution in [0, 0.1) is 36.5 Å². The van der Waals surface area contributed by atoms with Crippen molar-refractivity contribution in [2.24, 2.45) is 34.7 Å². The molecule has 0 saturated carbocycles. The third-order valence-corrected chi connectivity index (χ3v) is 11.5. The number of nitrogens with one attached hydrogen (secondary N) is 1. The number of phenolic OH excluding ortho intramolecular Hbond substituents is 3. The molecular weight excluding hydrogens is 696 g/mol. The summed E-state index contributed by atoms with van der Waals surface area (Å²) in [5.41, 5.74) is -0.176. The van der Waals surface area contributed by atoms with Gasteiger partial charge in [-0.3, -0.25) is 19.5 Å². The highest BCUT2D eigenvalue weighted by molar-refractivity contribution is 6.23. The zero-order chi connectivity index (χ0) is 40.0. The molecule has 4 aliphatic rings. The number of ether oxygens (including phenoxy) is 3. The second-order valence-corrected chi connectivity index (χ2v) is 15.3. The second-order valence-electron chi connectivity index (χ2n) is 15.3. The number of anilines is 1. The molecule has 1 saturated heterocycles. The summed E-state index contributed by atoms with van der Waals surface area (Å²) in [7, 11) is 3.44. The first-order chi connectivity index (χ1) is 25.3. The molecule has 6 N–H and O–H groups in total. The topological polar surface area (TPSA) is 194 Å². The van der Waals surface area contributed by atoms with Gasteiger partial charge in [-0.1, -0.05) is 52.8 Å². The molecule has 0 spiro atoms. The lowest BCUT2D eigenvalue weighted by Crippen LogP contribution is -2.49. The SMILES string of the molecule is CO[C@H]1/C=C/O[C@@]2(C)Oc3c(C)c(O)c4c(O)c(c(/C=N/N5CN(C)C5)c(O)c4c3C2=O)NC(=O)/C(C)=C\C=C\[C@H](C)[C@H](O)[C@@H](C)[C@@H](O)[C@@H](C)[C@H](C)[C@@H]1C. The van der Waals surface area contributed by atoms with E-state index in [1.54, 1.807) is 44.2 Å². The Morgan fingerprint density at radius 3 is 2.22 bits per heavy atom. The molecule has 1 amide bonds. The molecule has 14 heteroatoms. The fourth-order valence-corrected chi connectivity index (χ4v) is 7.42. The summed E-state index contributed by atoms with van der Waals surface area (Å²) in [4.78, 5) is 29.9. The largest absolute Gasteiger partial charge is 0.507 e. The number of aliphatic hydroxyl groups is 2. The molecular formula is C40H54N4O10. The molecule has 0 radical (unpaired) electrons. The van der Waals surface area contributed by atoms with Gasteiger partial charge >= 0.3 is 5.79 Å².